The first-order chi connectivity index (χ1) is 8.78. The molecule has 0 fully saturated rings. The molecule has 0 saturated heterocycles. The van der Waals surface area contributed by atoms with Gasteiger partial charge in [0.1, 0.15) is 15.7 Å². The largest absolute Gasteiger partial charge is 0.296 e. The third-order valence-electron chi connectivity index (χ3n) is 2.28. The molecule has 0 unspecified atom stereocenters. The molecule has 0 spiro atoms. The molecule has 0 bridgehead atoms. The van der Waals surface area contributed by atoms with Crippen LogP contribution >= 0.6 is 39.0 Å². The van der Waals surface area contributed by atoms with Crippen LogP contribution in [0.5, 0.6) is 0 Å². The van der Waals surface area contributed by atoms with E-state index in [1.54, 1.807) is 10.6 Å². The number of aromatic nitrogens is 3. The smallest absolute Gasteiger partial charge is 0.195 e. The molecule has 3 aromatic rings. The van der Waals surface area contributed by atoms with Crippen molar-refractivity contribution in [2.24, 2.45) is 0 Å². The van der Waals surface area contributed by atoms with Crippen molar-refractivity contribution < 1.29 is 4.79 Å². The van der Waals surface area contributed by atoms with Gasteiger partial charge in [0.2, 0.25) is 0 Å². The summed E-state index contributed by atoms with van der Waals surface area (Å²) in [6, 6.07) is 3.80. The molecule has 0 aromatic carbocycles. The lowest BCUT2D eigenvalue weighted by molar-refractivity contribution is 0.111. The molecule has 3 rings (SSSR count). The number of hydrogen-bond acceptors (Lipinski definition) is 5. The highest BCUT2D eigenvalue weighted by Crippen LogP contribution is 2.30. The van der Waals surface area contributed by atoms with Gasteiger partial charge >= 0.3 is 0 Å². The summed E-state index contributed by atoms with van der Waals surface area (Å²) in [5.74, 6) is 0. The van der Waals surface area contributed by atoms with E-state index in [-0.39, 0.29) is 0 Å². The average Bonchev–Trinajstić information content (AvgIpc) is 2.92. The number of carbonyl (C=O) groups excluding carboxylic acids is 1. The lowest BCUT2D eigenvalue weighted by Gasteiger charge is -1.98. The maximum atomic E-state index is 11.1. The Morgan fingerprint density at radius 2 is 2.33 bits per heavy atom. The fourth-order valence-corrected chi connectivity index (χ4v) is 3.32. The number of halogens is 1. The molecule has 7 heteroatoms. The lowest BCUT2D eigenvalue weighted by atomic mass is 10.5. The summed E-state index contributed by atoms with van der Waals surface area (Å²) in [5, 5.41) is 3.40. The summed E-state index contributed by atoms with van der Waals surface area (Å²) < 4.78 is 2.71. The standard InChI is InChI=1S/C11H6BrN3OS2/c12-7-1-2-9(13-5-7)18-10-8(6-16)15-3-4-17-11(15)14-10/h1-6H. The Labute approximate surface area is 119 Å². The molecular weight excluding hydrogens is 334 g/mol. The van der Waals surface area contributed by atoms with Gasteiger partial charge in [-0.15, -0.1) is 11.3 Å². The van der Waals surface area contributed by atoms with Crippen LogP contribution < -0.4 is 0 Å². The lowest BCUT2D eigenvalue weighted by Crippen LogP contribution is -1.88. The van der Waals surface area contributed by atoms with Crippen molar-refractivity contribution in [1.82, 2.24) is 14.4 Å². The van der Waals surface area contributed by atoms with Crippen molar-refractivity contribution in [2.45, 2.75) is 10.1 Å². The van der Waals surface area contributed by atoms with E-state index in [1.807, 2.05) is 23.7 Å². The Morgan fingerprint density at radius 3 is 3.06 bits per heavy atom. The maximum absolute atomic E-state index is 11.1. The number of rotatable bonds is 3. The second kappa shape index (κ2) is 4.83. The molecule has 3 heterocycles. The summed E-state index contributed by atoms with van der Waals surface area (Å²) in [7, 11) is 0. The second-order valence-corrected chi connectivity index (χ2v) is 6.19. The highest BCUT2D eigenvalue weighted by molar-refractivity contribution is 9.10. The van der Waals surface area contributed by atoms with E-state index in [0.29, 0.717) is 10.7 Å². The molecule has 0 radical (unpaired) electrons. The Kier molecular flexibility index (Phi) is 3.19. The van der Waals surface area contributed by atoms with Gasteiger partial charge in [-0.25, -0.2) is 9.97 Å². The number of nitrogens with zero attached hydrogens (tertiary/aromatic N) is 3. The van der Waals surface area contributed by atoms with Crippen LogP contribution in [-0.2, 0) is 0 Å². The van der Waals surface area contributed by atoms with Crippen molar-refractivity contribution in [3.05, 3.63) is 40.1 Å². The summed E-state index contributed by atoms with van der Waals surface area (Å²) in [6.45, 7) is 0. The first kappa shape index (κ1) is 11.9. The van der Waals surface area contributed by atoms with Crippen molar-refractivity contribution in [3.63, 3.8) is 0 Å². The highest BCUT2D eigenvalue weighted by Gasteiger charge is 2.14. The van der Waals surface area contributed by atoms with Gasteiger partial charge in [0, 0.05) is 22.2 Å². The number of aldehydes is 1. The van der Waals surface area contributed by atoms with Crippen LogP contribution in [0.25, 0.3) is 4.96 Å². The minimum atomic E-state index is 0.570. The maximum Gasteiger partial charge on any atom is 0.195 e. The fraction of sp³-hybridized carbons (Fsp3) is 0. The Balaban J connectivity index is 2.01. The van der Waals surface area contributed by atoms with Crippen molar-refractivity contribution in [2.75, 3.05) is 0 Å². The minimum Gasteiger partial charge on any atom is -0.296 e. The van der Waals surface area contributed by atoms with Crippen molar-refractivity contribution >= 4 is 50.3 Å². The summed E-state index contributed by atoms with van der Waals surface area (Å²) in [6.07, 6.45) is 4.39. The van der Waals surface area contributed by atoms with Gasteiger partial charge in [-0.2, -0.15) is 0 Å². The van der Waals surface area contributed by atoms with Gasteiger partial charge in [-0.05, 0) is 39.8 Å². The highest BCUT2D eigenvalue weighted by atomic mass is 79.9. The van der Waals surface area contributed by atoms with Crippen LogP contribution in [0.1, 0.15) is 10.5 Å². The van der Waals surface area contributed by atoms with Gasteiger partial charge in [0.25, 0.3) is 0 Å². The predicted molar refractivity (Wildman–Crippen MR) is 74.5 cm³/mol. The topological polar surface area (TPSA) is 47.3 Å². The van der Waals surface area contributed by atoms with E-state index >= 15 is 0 Å². The second-order valence-electron chi connectivity index (χ2n) is 3.39. The minimum absolute atomic E-state index is 0.570. The number of hydrogen-bond donors (Lipinski definition) is 0. The molecule has 0 aliphatic heterocycles. The fourth-order valence-electron chi connectivity index (χ4n) is 1.49. The van der Waals surface area contributed by atoms with Gasteiger partial charge in [-0.1, -0.05) is 0 Å². The number of imidazole rings is 1. The number of fused-ring (bicyclic) bond motifs is 1. The molecule has 4 nitrogen and oxygen atoms in total. The Hall–Kier alpha value is -1.18. The molecule has 18 heavy (non-hydrogen) atoms. The molecule has 0 amide bonds. The van der Waals surface area contributed by atoms with Crippen LogP contribution in [0.4, 0.5) is 0 Å². The first-order valence-electron chi connectivity index (χ1n) is 4.98. The molecule has 0 N–H and O–H groups in total. The molecule has 90 valence electrons. The molecule has 3 aromatic heterocycles. The Bertz CT molecular complexity index is 705. The molecule has 0 aliphatic carbocycles. The van der Waals surface area contributed by atoms with E-state index < -0.39 is 0 Å². The number of thiazole rings is 1. The summed E-state index contributed by atoms with van der Waals surface area (Å²) >= 11 is 6.23. The van der Waals surface area contributed by atoms with Crippen molar-refractivity contribution in [1.29, 1.82) is 0 Å². The zero-order valence-corrected chi connectivity index (χ0v) is 12.1. The third-order valence-corrected chi connectivity index (χ3v) is 4.45. The van der Waals surface area contributed by atoms with Crippen LogP contribution in [0.3, 0.4) is 0 Å². The van der Waals surface area contributed by atoms with Gasteiger partial charge < -0.3 is 0 Å². The van der Waals surface area contributed by atoms with Gasteiger partial charge in [-0.3, -0.25) is 9.20 Å². The van der Waals surface area contributed by atoms with Crippen LogP contribution in [0.2, 0.25) is 0 Å². The van der Waals surface area contributed by atoms with E-state index in [2.05, 4.69) is 25.9 Å². The first-order valence-corrected chi connectivity index (χ1v) is 7.47. The van der Waals surface area contributed by atoms with Crippen LogP contribution in [0.15, 0.2) is 44.4 Å². The van der Waals surface area contributed by atoms with Gasteiger partial charge in [0.05, 0.1) is 0 Å². The van der Waals surface area contributed by atoms with Crippen LogP contribution in [0, 0.1) is 0 Å². The quantitative estimate of drug-likeness (QED) is 0.685. The molecule has 0 atom stereocenters. The van der Waals surface area contributed by atoms with Gasteiger partial charge in [0.15, 0.2) is 11.2 Å². The van der Waals surface area contributed by atoms with E-state index in [4.69, 9.17) is 0 Å². The summed E-state index contributed by atoms with van der Waals surface area (Å²) in [4.78, 5) is 20.6. The normalized spacial score (nSPS) is 10.9. The van der Waals surface area contributed by atoms with E-state index in [9.17, 15) is 4.79 Å². The molecule has 0 aliphatic rings. The predicted octanol–water partition coefficient (Wildman–Crippen LogP) is 3.52. The van der Waals surface area contributed by atoms with Crippen molar-refractivity contribution in [3.8, 4) is 0 Å². The zero-order chi connectivity index (χ0) is 12.5. The SMILES string of the molecule is O=Cc1c(Sc2ccc(Br)cn2)nc2sccn12. The molecule has 0 saturated carbocycles. The van der Waals surface area contributed by atoms with E-state index in [1.165, 1.54) is 23.1 Å². The zero-order valence-electron chi connectivity index (χ0n) is 8.91. The average molecular weight is 340 g/mol. The van der Waals surface area contributed by atoms with E-state index in [0.717, 1.165) is 20.7 Å². The summed E-state index contributed by atoms with van der Waals surface area (Å²) in [5.41, 5.74) is 0.570. The van der Waals surface area contributed by atoms with Crippen LogP contribution in [-0.4, -0.2) is 20.7 Å². The third kappa shape index (κ3) is 2.09. The number of pyridine rings is 1. The molecular formula is C11H6BrN3OS2. The monoisotopic (exact) mass is 339 g/mol. The Morgan fingerprint density at radius 1 is 1.44 bits per heavy atom. The number of carbonyl (C=O) groups is 1.